The van der Waals surface area contributed by atoms with Crippen molar-refractivity contribution < 1.29 is 13.6 Å². The first-order valence-electron chi connectivity index (χ1n) is 10.4. The van der Waals surface area contributed by atoms with Crippen molar-refractivity contribution in [1.29, 1.82) is 0 Å². The largest absolute Gasteiger partial charge is 0.449 e. The van der Waals surface area contributed by atoms with E-state index in [0.29, 0.717) is 17.1 Å². The van der Waals surface area contributed by atoms with Gasteiger partial charge in [0.05, 0.1) is 18.8 Å². The molecule has 0 spiro atoms. The van der Waals surface area contributed by atoms with Crippen molar-refractivity contribution in [2.75, 3.05) is 20.1 Å². The maximum Gasteiger partial charge on any atom is 0.318 e. The van der Waals surface area contributed by atoms with Crippen LogP contribution >= 0.6 is 0 Å². The summed E-state index contributed by atoms with van der Waals surface area (Å²) < 4.78 is 19.9. The number of amides is 2. The van der Waals surface area contributed by atoms with Crippen LogP contribution in [0.5, 0.6) is 0 Å². The second-order valence-corrected chi connectivity index (χ2v) is 7.92. The van der Waals surface area contributed by atoms with Gasteiger partial charge in [-0.3, -0.25) is 0 Å². The first-order chi connectivity index (χ1) is 13.9. The van der Waals surface area contributed by atoms with Crippen LogP contribution in [0.4, 0.5) is 9.18 Å². The molecule has 1 fully saturated rings. The van der Waals surface area contributed by atoms with Crippen LogP contribution in [0.3, 0.4) is 0 Å². The van der Waals surface area contributed by atoms with Crippen LogP contribution in [0.15, 0.2) is 28.9 Å². The molecule has 1 saturated heterocycles. The monoisotopic (exact) mass is 402 g/mol. The van der Waals surface area contributed by atoms with E-state index in [1.54, 1.807) is 30.2 Å². The Labute approximate surface area is 172 Å². The first kappa shape index (κ1) is 21.3. The zero-order chi connectivity index (χ0) is 20.8. The molecule has 1 aromatic carbocycles. The van der Waals surface area contributed by atoms with Crippen LogP contribution in [-0.4, -0.2) is 47.0 Å². The molecule has 6 nitrogen and oxygen atoms in total. The molecule has 0 aliphatic carbocycles. The summed E-state index contributed by atoms with van der Waals surface area (Å²) in [6, 6.07) is 5.24. The number of likely N-dealkylation sites (tertiary alicyclic amines) is 1. The SMILES string of the molecule is CCCc1ccc(CN(Cc2coc(C)n2)C(=O)NC2CCN(C)CC2)c(F)c1. The molecule has 1 aliphatic heterocycles. The number of oxazole rings is 1. The molecule has 2 heterocycles. The minimum Gasteiger partial charge on any atom is -0.449 e. The van der Waals surface area contributed by atoms with E-state index in [0.717, 1.165) is 44.3 Å². The van der Waals surface area contributed by atoms with Gasteiger partial charge >= 0.3 is 6.03 Å². The molecule has 0 unspecified atom stereocenters. The van der Waals surface area contributed by atoms with Crippen molar-refractivity contribution >= 4 is 6.03 Å². The Balaban J connectivity index is 1.72. The Kier molecular flexibility index (Phi) is 7.25. The quantitative estimate of drug-likeness (QED) is 0.763. The Morgan fingerprint density at radius 3 is 2.72 bits per heavy atom. The third-order valence-electron chi connectivity index (χ3n) is 5.37. The Hall–Kier alpha value is -2.41. The van der Waals surface area contributed by atoms with Crippen LogP contribution in [0, 0.1) is 12.7 Å². The van der Waals surface area contributed by atoms with Crippen molar-refractivity contribution in [2.45, 2.75) is 58.7 Å². The smallest absolute Gasteiger partial charge is 0.318 e. The number of aromatic nitrogens is 1. The topological polar surface area (TPSA) is 61.6 Å². The van der Waals surface area contributed by atoms with Crippen LogP contribution in [0.25, 0.3) is 0 Å². The molecule has 7 heteroatoms. The Bertz CT molecular complexity index is 815. The predicted octanol–water partition coefficient (Wildman–Crippen LogP) is 3.88. The fraction of sp³-hybridized carbons (Fsp3) is 0.545. The molecule has 0 atom stereocenters. The Morgan fingerprint density at radius 1 is 1.34 bits per heavy atom. The third kappa shape index (κ3) is 6.03. The van der Waals surface area contributed by atoms with Crippen molar-refractivity contribution in [1.82, 2.24) is 20.1 Å². The number of urea groups is 1. The summed E-state index contributed by atoms with van der Waals surface area (Å²) in [6.45, 7) is 6.20. The number of carbonyl (C=O) groups excluding carboxylic acids is 1. The van der Waals surface area contributed by atoms with Gasteiger partial charge in [-0.1, -0.05) is 25.5 Å². The normalized spacial score (nSPS) is 15.4. The van der Waals surface area contributed by atoms with Gasteiger partial charge in [0.25, 0.3) is 0 Å². The number of rotatable bonds is 7. The molecule has 0 radical (unpaired) electrons. The van der Waals surface area contributed by atoms with Crippen LogP contribution in [-0.2, 0) is 19.5 Å². The molecule has 3 rings (SSSR count). The fourth-order valence-corrected chi connectivity index (χ4v) is 3.66. The highest BCUT2D eigenvalue weighted by Crippen LogP contribution is 2.17. The van der Waals surface area contributed by atoms with Gasteiger partial charge in [0.15, 0.2) is 5.89 Å². The number of nitrogens with zero attached hydrogens (tertiary/aromatic N) is 3. The van der Waals surface area contributed by atoms with E-state index in [9.17, 15) is 9.18 Å². The zero-order valence-corrected chi connectivity index (χ0v) is 17.6. The molecule has 1 aromatic heterocycles. The van der Waals surface area contributed by atoms with Crippen molar-refractivity contribution in [3.05, 3.63) is 53.0 Å². The second-order valence-electron chi connectivity index (χ2n) is 7.92. The lowest BCUT2D eigenvalue weighted by molar-refractivity contribution is 0.175. The summed E-state index contributed by atoms with van der Waals surface area (Å²) in [4.78, 5) is 21.2. The number of piperidine rings is 1. The number of carbonyl (C=O) groups is 1. The summed E-state index contributed by atoms with van der Waals surface area (Å²) in [5.41, 5.74) is 2.14. The molecule has 0 bridgehead atoms. The predicted molar refractivity (Wildman–Crippen MR) is 110 cm³/mol. The number of benzene rings is 1. The number of nitrogens with one attached hydrogen (secondary N) is 1. The summed E-state index contributed by atoms with van der Waals surface area (Å²) in [7, 11) is 2.09. The van der Waals surface area contributed by atoms with Crippen molar-refractivity contribution in [3.63, 3.8) is 0 Å². The third-order valence-corrected chi connectivity index (χ3v) is 5.37. The summed E-state index contributed by atoms with van der Waals surface area (Å²) in [5, 5.41) is 3.12. The number of aryl methyl sites for hydroxylation is 2. The van der Waals surface area contributed by atoms with E-state index < -0.39 is 0 Å². The van der Waals surface area contributed by atoms with Gasteiger partial charge < -0.3 is 19.5 Å². The van der Waals surface area contributed by atoms with Gasteiger partial charge in [0.1, 0.15) is 12.1 Å². The number of hydrogen-bond donors (Lipinski definition) is 1. The van der Waals surface area contributed by atoms with Crippen LogP contribution < -0.4 is 5.32 Å². The second kappa shape index (κ2) is 9.87. The van der Waals surface area contributed by atoms with Crippen molar-refractivity contribution in [2.24, 2.45) is 0 Å². The maximum atomic E-state index is 14.6. The standard InChI is InChI=1S/C22H31FN4O2/c1-4-5-17-6-7-18(21(23)12-17)13-27(14-20-15-29-16(2)24-20)22(28)25-19-8-10-26(3)11-9-19/h6-7,12,15,19H,4-5,8-11,13-14H2,1-3H3,(H,25,28). The maximum absolute atomic E-state index is 14.6. The van der Waals surface area contributed by atoms with E-state index >= 15 is 0 Å². The van der Waals surface area contributed by atoms with Crippen LogP contribution in [0.1, 0.15) is 48.9 Å². The van der Waals surface area contributed by atoms with E-state index in [2.05, 4.69) is 29.2 Å². The van der Waals surface area contributed by atoms with Crippen LogP contribution in [0.2, 0.25) is 0 Å². The Morgan fingerprint density at radius 2 is 2.10 bits per heavy atom. The molecule has 2 amide bonds. The van der Waals surface area contributed by atoms with Gasteiger partial charge in [-0.2, -0.15) is 0 Å². The average Bonchev–Trinajstić information content (AvgIpc) is 3.10. The van der Waals surface area contributed by atoms with Gasteiger partial charge in [-0.05, 0) is 51.0 Å². The minimum atomic E-state index is -0.274. The molecular formula is C22H31FN4O2. The zero-order valence-electron chi connectivity index (χ0n) is 17.6. The van der Waals surface area contributed by atoms with E-state index in [4.69, 9.17) is 4.42 Å². The van der Waals surface area contributed by atoms with Crippen molar-refractivity contribution in [3.8, 4) is 0 Å². The molecule has 2 aromatic rings. The molecule has 29 heavy (non-hydrogen) atoms. The summed E-state index contributed by atoms with van der Waals surface area (Å²) in [6.07, 6.45) is 5.19. The van der Waals surface area contributed by atoms with Gasteiger partial charge in [0, 0.05) is 18.5 Å². The first-order valence-corrected chi connectivity index (χ1v) is 10.4. The molecule has 1 N–H and O–H groups in total. The van der Waals surface area contributed by atoms with Gasteiger partial charge in [-0.15, -0.1) is 0 Å². The summed E-state index contributed by atoms with van der Waals surface area (Å²) in [5.74, 6) is 0.273. The fourth-order valence-electron chi connectivity index (χ4n) is 3.66. The molecule has 0 saturated carbocycles. The van der Waals surface area contributed by atoms with E-state index in [1.807, 2.05) is 6.07 Å². The average molecular weight is 403 g/mol. The molecule has 1 aliphatic rings. The number of halogens is 1. The lowest BCUT2D eigenvalue weighted by Crippen LogP contribution is -2.48. The van der Waals surface area contributed by atoms with Gasteiger partial charge in [0.2, 0.25) is 0 Å². The highest BCUT2D eigenvalue weighted by molar-refractivity contribution is 5.74. The van der Waals surface area contributed by atoms with E-state index in [1.165, 1.54) is 0 Å². The minimum absolute atomic E-state index is 0.136. The lowest BCUT2D eigenvalue weighted by atomic mass is 10.1. The van der Waals surface area contributed by atoms with E-state index in [-0.39, 0.29) is 31.0 Å². The summed E-state index contributed by atoms with van der Waals surface area (Å²) >= 11 is 0. The highest BCUT2D eigenvalue weighted by atomic mass is 19.1. The molecule has 158 valence electrons. The highest BCUT2D eigenvalue weighted by Gasteiger charge is 2.23. The van der Waals surface area contributed by atoms with Gasteiger partial charge in [-0.25, -0.2) is 14.2 Å². The lowest BCUT2D eigenvalue weighted by Gasteiger charge is -2.31. The number of hydrogen-bond acceptors (Lipinski definition) is 4. The molecular weight excluding hydrogens is 371 g/mol.